The van der Waals surface area contributed by atoms with Crippen LogP contribution in [0.3, 0.4) is 0 Å². The summed E-state index contributed by atoms with van der Waals surface area (Å²) in [4.78, 5) is 24.8. The smallest absolute Gasteiger partial charge is 0.419 e. The van der Waals surface area contributed by atoms with Crippen LogP contribution in [0.2, 0.25) is 0 Å². The molecular formula is C9H15N2O3. The summed E-state index contributed by atoms with van der Waals surface area (Å²) in [5.74, 6) is 0.0974. The largest absolute Gasteiger partial charge is 0.438 e. The zero-order chi connectivity index (χ0) is 10.6. The number of hydrogen-bond donors (Lipinski definition) is 0. The van der Waals surface area contributed by atoms with Gasteiger partial charge in [-0.15, -0.1) is 0 Å². The first-order chi connectivity index (χ1) is 6.65. The first kappa shape index (κ1) is 11.0. The molecular weight excluding hydrogens is 184 g/mol. The predicted molar refractivity (Wildman–Crippen MR) is 50.1 cm³/mol. The van der Waals surface area contributed by atoms with Gasteiger partial charge in [0.25, 0.3) is 0 Å². The van der Waals surface area contributed by atoms with Crippen LogP contribution in [0.4, 0.5) is 0 Å². The maximum Gasteiger partial charge on any atom is 0.419 e. The van der Waals surface area contributed by atoms with E-state index >= 15 is 0 Å². The molecule has 0 aromatic rings. The zero-order valence-electron chi connectivity index (χ0n) is 8.52. The van der Waals surface area contributed by atoms with Gasteiger partial charge in [-0.2, -0.15) is 0 Å². The number of carbonyl (C=O) groups is 1. The Bertz CT molecular complexity index is 212. The summed E-state index contributed by atoms with van der Waals surface area (Å²) in [6.07, 6.45) is -0.249. The molecule has 0 spiro atoms. The van der Waals surface area contributed by atoms with Gasteiger partial charge >= 0.3 is 6.47 Å². The Morgan fingerprint density at radius 3 is 2.36 bits per heavy atom. The molecule has 0 bridgehead atoms. The van der Waals surface area contributed by atoms with Gasteiger partial charge in [-0.05, 0) is 6.92 Å². The third-order valence-electron chi connectivity index (χ3n) is 2.49. The Labute approximate surface area is 83.6 Å². The standard InChI is InChI=1S/C9H15N2O3/c1-8(13)10-3-5-11(6-4-10)9(2)14-7-12/h9H,3-6H2,1-2H3. The lowest BCUT2D eigenvalue weighted by Crippen LogP contribution is -2.51. The molecule has 0 aromatic heterocycles. The van der Waals surface area contributed by atoms with E-state index in [2.05, 4.69) is 0 Å². The third kappa shape index (κ3) is 2.70. The lowest BCUT2D eigenvalue weighted by Gasteiger charge is -2.36. The van der Waals surface area contributed by atoms with E-state index in [4.69, 9.17) is 4.74 Å². The van der Waals surface area contributed by atoms with Crippen molar-refractivity contribution in [2.45, 2.75) is 20.1 Å². The quantitative estimate of drug-likeness (QED) is 0.619. The van der Waals surface area contributed by atoms with Crippen LogP contribution in [0, 0.1) is 0 Å². The molecule has 1 fully saturated rings. The molecule has 1 heterocycles. The molecule has 1 saturated heterocycles. The molecule has 14 heavy (non-hydrogen) atoms. The van der Waals surface area contributed by atoms with Crippen LogP contribution in [0.1, 0.15) is 13.8 Å². The van der Waals surface area contributed by atoms with Crippen molar-refractivity contribution >= 4 is 12.4 Å². The maximum atomic E-state index is 11.0. The highest BCUT2D eigenvalue weighted by Crippen LogP contribution is 2.06. The molecule has 1 aliphatic rings. The normalized spacial score (nSPS) is 20.3. The van der Waals surface area contributed by atoms with E-state index in [0.29, 0.717) is 13.1 Å². The summed E-state index contributed by atoms with van der Waals surface area (Å²) in [5.41, 5.74) is 0. The second-order valence-corrected chi connectivity index (χ2v) is 3.34. The van der Waals surface area contributed by atoms with Crippen LogP contribution >= 0.6 is 0 Å². The van der Waals surface area contributed by atoms with Crippen LogP contribution in [-0.4, -0.2) is 54.6 Å². The van der Waals surface area contributed by atoms with Crippen molar-refractivity contribution in [1.29, 1.82) is 0 Å². The van der Waals surface area contributed by atoms with Crippen molar-refractivity contribution < 1.29 is 14.3 Å². The summed E-state index contributed by atoms with van der Waals surface area (Å²) in [5, 5.41) is 0. The molecule has 5 heteroatoms. The van der Waals surface area contributed by atoms with E-state index in [9.17, 15) is 9.59 Å². The highest BCUT2D eigenvalue weighted by atomic mass is 16.5. The number of ether oxygens (including phenoxy) is 1. The molecule has 0 N–H and O–H groups in total. The highest BCUT2D eigenvalue weighted by molar-refractivity contribution is 5.73. The van der Waals surface area contributed by atoms with Crippen LogP contribution in [0.15, 0.2) is 0 Å². The second-order valence-electron chi connectivity index (χ2n) is 3.34. The average Bonchev–Trinajstić information content (AvgIpc) is 2.18. The second kappa shape index (κ2) is 4.95. The van der Waals surface area contributed by atoms with Crippen LogP contribution in [0.25, 0.3) is 0 Å². The fourth-order valence-electron chi connectivity index (χ4n) is 1.54. The minimum Gasteiger partial charge on any atom is -0.438 e. The molecule has 0 aromatic carbocycles. The van der Waals surface area contributed by atoms with Gasteiger partial charge in [-0.3, -0.25) is 9.69 Å². The number of nitrogens with zero attached hydrogens (tertiary/aromatic N) is 2. The maximum absolute atomic E-state index is 11.0. The first-order valence-corrected chi connectivity index (χ1v) is 4.67. The SMILES string of the molecule is CC(=O)N1CCN(C(C)O[C]=O)CC1. The van der Waals surface area contributed by atoms with E-state index < -0.39 is 0 Å². The minimum absolute atomic E-state index is 0.0974. The topological polar surface area (TPSA) is 49.9 Å². The lowest BCUT2D eigenvalue weighted by molar-refractivity contribution is -0.132. The van der Waals surface area contributed by atoms with Gasteiger partial charge in [-0.1, -0.05) is 0 Å². The highest BCUT2D eigenvalue weighted by Gasteiger charge is 2.22. The summed E-state index contributed by atoms with van der Waals surface area (Å²) in [6, 6.07) is 0. The van der Waals surface area contributed by atoms with Crippen molar-refractivity contribution in [3.05, 3.63) is 0 Å². The molecule has 79 valence electrons. The van der Waals surface area contributed by atoms with E-state index in [1.165, 1.54) is 6.47 Å². The van der Waals surface area contributed by atoms with E-state index in [0.717, 1.165) is 13.1 Å². The summed E-state index contributed by atoms with van der Waals surface area (Å²) < 4.78 is 4.69. The molecule has 5 nitrogen and oxygen atoms in total. The van der Waals surface area contributed by atoms with Crippen molar-refractivity contribution in [1.82, 2.24) is 9.80 Å². The van der Waals surface area contributed by atoms with E-state index in [1.807, 2.05) is 4.90 Å². The first-order valence-electron chi connectivity index (χ1n) is 4.67. The number of hydrogen-bond acceptors (Lipinski definition) is 4. The average molecular weight is 199 g/mol. The van der Waals surface area contributed by atoms with Crippen molar-refractivity contribution in [3.63, 3.8) is 0 Å². The molecule has 1 amide bonds. The molecule has 0 saturated carbocycles. The van der Waals surface area contributed by atoms with Crippen molar-refractivity contribution in [2.24, 2.45) is 0 Å². The number of piperazine rings is 1. The van der Waals surface area contributed by atoms with Crippen LogP contribution in [-0.2, 0) is 14.3 Å². The Morgan fingerprint density at radius 2 is 1.93 bits per heavy atom. The molecule has 1 radical (unpaired) electrons. The molecule has 0 aliphatic carbocycles. The number of amides is 1. The van der Waals surface area contributed by atoms with Gasteiger partial charge in [0.2, 0.25) is 5.91 Å². The van der Waals surface area contributed by atoms with Crippen LogP contribution < -0.4 is 0 Å². The van der Waals surface area contributed by atoms with Gasteiger partial charge in [0, 0.05) is 33.1 Å². The summed E-state index contributed by atoms with van der Waals surface area (Å²) >= 11 is 0. The Balaban J connectivity index is 2.34. The molecule has 1 unspecified atom stereocenters. The van der Waals surface area contributed by atoms with Gasteiger partial charge in [-0.25, -0.2) is 4.79 Å². The van der Waals surface area contributed by atoms with Crippen molar-refractivity contribution in [3.8, 4) is 0 Å². The van der Waals surface area contributed by atoms with Gasteiger partial charge in [0.1, 0.15) is 0 Å². The minimum atomic E-state index is -0.249. The van der Waals surface area contributed by atoms with Gasteiger partial charge in [0.15, 0.2) is 6.23 Å². The van der Waals surface area contributed by atoms with Crippen LogP contribution in [0.5, 0.6) is 0 Å². The monoisotopic (exact) mass is 199 g/mol. The van der Waals surface area contributed by atoms with E-state index in [1.54, 1.807) is 18.7 Å². The number of carbonyl (C=O) groups excluding carboxylic acids is 2. The third-order valence-corrected chi connectivity index (χ3v) is 2.49. The molecule has 1 atom stereocenters. The zero-order valence-corrected chi connectivity index (χ0v) is 8.52. The molecule has 1 rings (SSSR count). The Morgan fingerprint density at radius 1 is 1.36 bits per heavy atom. The fraction of sp³-hybridized carbons (Fsp3) is 0.778. The lowest BCUT2D eigenvalue weighted by atomic mass is 10.3. The van der Waals surface area contributed by atoms with Gasteiger partial charge < -0.3 is 9.64 Å². The summed E-state index contributed by atoms with van der Waals surface area (Å²) in [7, 11) is 0. The number of rotatable bonds is 3. The van der Waals surface area contributed by atoms with Crippen molar-refractivity contribution in [2.75, 3.05) is 26.2 Å². The predicted octanol–water partition coefficient (Wildman–Crippen LogP) is -0.420. The van der Waals surface area contributed by atoms with E-state index in [-0.39, 0.29) is 12.1 Å². The Kier molecular flexibility index (Phi) is 3.88. The summed E-state index contributed by atoms with van der Waals surface area (Å²) in [6.45, 7) is 7.66. The fourth-order valence-corrected chi connectivity index (χ4v) is 1.54. The van der Waals surface area contributed by atoms with Gasteiger partial charge in [0.05, 0.1) is 0 Å². The molecule has 1 aliphatic heterocycles. The Hall–Kier alpha value is -1.10.